The summed E-state index contributed by atoms with van der Waals surface area (Å²) in [5, 5.41) is 12.2. The highest BCUT2D eigenvalue weighted by atomic mass is 16.5. The Hall–Kier alpha value is -1.90. The molecule has 118 valence electrons. The lowest BCUT2D eigenvalue weighted by Gasteiger charge is -2.32. The Balaban J connectivity index is 1.93. The van der Waals surface area contributed by atoms with Crippen LogP contribution in [0.4, 0.5) is 0 Å². The molecule has 0 bridgehead atoms. The largest absolute Gasteiger partial charge is 0.381 e. The van der Waals surface area contributed by atoms with Crippen LogP contribution in [0.5, 0.6) is 0 Å². The molecule has 5 nitrogen and oxygen atoms in total. The Morgan fingerprint density at radius 3 is 2.64 bits per heavy atom. The van der Waals surface area contributed by atoms with Crippen LogP contribution in [-0.2, 0) is 9.53 Å². The molecule has 22 heavy (non-hydrogen) atoms. The van der Waals surface area contributed by atoms with Gasteiger partial charge in [0.1, 0.15) is 5.54 Å². The summed E-state index contributed by atoms with van der Waals surface area (Å²) in [6.45, 7) is 3.03. The lowest BCUT2D eigenvalue weighted by molar-refractivity contribution is -0.124. The standard InChI is InChI=1S/C17H23N3O2/c1-13(14-5-3-2-4-6-14)11-15(19)16(21)20-17(12-18)7-9-22-10-8-17/h2-6,13,15H,7-11,19H2,1H3,(H,20,21)/t13-,15-/m0/s1. The summed E-state index contributed by atoms with van der Waals surface area (Å²) in [5.41, 5.74) is 6.36. The van der Waals surface area contributed by atoms with Crippen molar-refractivity contribution in [2.24, 2.45) is 5.73 Å². The van der Waals surface area contributed by atoms with Crippen LogP contribution in [0.25, 0.3) is 0 Å². The second-order valence-corrected chi connectivity index (χ2v) is 5.95. The van der Waals surface area contributed by atoms with E-state index in [1.165, 1.54) is 0 Å². The normalized spacial score (nSPS) is 19.7. The van der Waals surface area contributed by atoms with E-state index in [1.807, 2.05) is 30.3 Å². The second kappa shape index (κ2) is 7.39. The predicted octanol–water partition coefficient (Wildman–Crippen LogP) is 1.70. The first-order valence-corrected chi connectivity index (χ1v) is 7.68. The fourth-order valence-corrected chi connectivity index (χ4v) is 2.72. The quantitative estimate of drug-likeness (QED) is 0.866. The Bertz CT molecular complexity index is 533. The average Bonchev–Trinajstić information content (AvgIpc) is 2.56. The van der Waals surface area contributed by atoms with Crippen molar-refractivity contribution in [1.29, 1.82) is 5.26 Å². The van der Waals surface area contributed by atoms with E-state index in [4.69, 9.17) is 10.5 Å². The van der Waals surface area contributed by atoms with E-state index in [0.29, 0.717) is 32.5 Å². The van der Waals surface area contributed by atoms with E-state index >= 15 is 0 Å². The molecule has 1 amide bonds. The van der Waals surface area contributed by atoms with E-state index in [-0.39, 0.29) is 11.8 Å². The van der Waals surface area contributed by atoms with Gasteiger partial charge in [-0.1, -0.05) is 37.3 Å². The average molecular weight is 301 g/mol. The van der Waals surface area contributed by atoms with Crippen LogP contribution in [0.15, 0.2) is 30.3 Å². The Kier molecular flexibility index (Phi) is 5.53. The molecule has 1 saturated heterocycles. The predicted molar refractivity (Wildman–Crippen MR) is 84.0 cm³/mol. The smallest absolute Gasteiger partial charge is 0.238 e. The van der Waals surface area contributed by atoms with Crippen molar-refractivity contribution in [3.63, 3.8) is 0 Å². The fourth-order valence-electron chi connectivity index (χ4n) is 2.72. The van der Waals surface area contributed by atoms with Gasteiger partial charge in [-0.15, -0.1) is 0 Å². The molecule has 2 atom stereocenters. The molecule has 1 aliphatic heterocycles. The molecule has 2 rings (SSSR count). The lowest BCUT2D eigenvalue weighted by atomic mass is 9.90. The number of rotatable bonds is 5. The summed E-state index contributed by atoms with van der Waals surface area (Å²) in [5.74, 6) is -0.0686. The van der Waals surface area contributed by atoms with E-state index in [0.717, 1.165) is 5.56 Å². The highest BCUT2D eigenvalue weighted by Crippen LogP contribution is 2.22. The van der Waals surface area contributed by atoms with E-state index in [2.05, 4.69) is 18.3 Å². The molecule has 0 aliphatic carbocycles. The van der Waals surface area contributed by atoms with Crippen LogP contribution in [-0.4, -0.2) is 30.7 Å². The second-order valence-electron chi connectivity index (χ2n) is 5.95. The molecule has 3 N–H and O–H groups in total. The third-order valence-electron chi connectivity index (χ3n) is 4.24. The Morgan fingerprint density at radius 1 is 1.41 bits per heavy atom. The van der Waals surface area contributed by atoms with Gasteiger partial charge in [-0.2, -0.15) is 5.26 Å². The van der Waals surface area contributed by atoms with Gasteiger partial charge in [0.25, 0.3) is 0 Å². The third-order valence-corrected chi connectivity index (χ3v) is 4.24. The van der Waals surface area contributed by atoms with Crippen molar-refractivity contribution in [3.05, 3.63) is 35.9 Å². The van der Waals surface area contributed by atoms with Crippen molar-refractivity contribution in [2.75, 3.05) is 13.2 Å². The number of nitrogens with two attached hydrogens (primary N) is 1. The Morgan fingerprint density at radius 2 is 2.05 bits per heavy atom. The molecule has 0 unspecified atom stereocenters. The maximum absolute atomic E-state index is 12.3. The van der Waals surface area contributed by atoms with E-state index < -0.39 is 11.6 Å². The van der Waals surface area contributed by atoms with Gasteiger partial charge >= 0.3 is 0 Å². The SMILES string of the molecule is C[C@@H](C[C@H](N)C(=O)NC1(C#N)CCOCC1)c1ccccc1. The molecule has 1 aliphatic rings. The molecule has 1 heterocycles. The highest BCUT2D eigenvalue weighted by molar-refractivity contribution is 5.82. The van der Waals surface area contributed by atoms with Crippen LogP contribution in [0, 0.1) is 11.3 Å². The van der Waals surface area contributed by atoms with Crippen molar-refractivity contribution < 1.29 is 9.53 Å². The van der Waals surface area contributed by atoms with E-state index in [1.54, 1.807) is 0 Å². The topological polar surface area (TPSA) is 88.1 Å². The number of nitriles is 1. The van der Waals surface area contributed by atoms with Gasteiger partial charge in [-0.05, 0) is 17.9 Å². The zero-order chi connectivity index (χ0) is 16.0. The molecule has 1 fully saturated rings. The minimum atomic E-state index is -0.830. The van der Waals surface area contributed by atoms with Crippen LogP contribution in [0.1, 0.15) is 37.7 Å². The number of ether oxygens (including phenoxy) is 1. The van der Waals surface area contributed by atoms with Gasteiger partial charge in [0, 0.05) is 26.1 Å². The van der Waals surface area contributed by atoms with Gasteiger partial charge in [-0.3, -0.25) is 4.79 Å². The lowest BCUT2D eigenvalue weighted by Crippen LogP contribution is -2.55. The summed E-state index contributed by atoms with van der Waals surface area (Å²) in [6.07, 6.45) is 1.57. The molecule has 0 aromatic heterocycles. The first-order valence-electron chi connectivity index (χ1n) is 7.68. The van der Waals surface area contributed by atoms with E-state index in [9.17, 15) is 10.1 Å². The Labute approximate surface area is 131 Å². The molecule has 5 heteroatoms. The maximum atomic E-state index is 12.3. The zero-order valence-corrected chi connectivity index (χ0v) is 12.9. The highest BCUT2D eigenvalue weighted by Gasteiger charge is 2.35. The summed E-state index contributed by atoms with van der Waals surface area (Å²) < 4.78 is 5.26. The molecule has 0 radical (unpaired) electrons. The molecule has 0 spiro atoms. The van der Waals surface area contributed by atoms with Gasteiger partial charge in [0.05, 0.1) is 12.1 Å². The number of hydrogen-bond acceptors (Lipinski definition) is 4. The summed E-state index contributed by atoms with van der Waals surface area (Å²) in [4.78, 5) is 12.3. The number of carbonyl (C=O) groups is 1. The number of carbonyl (C=O) groups excluding carboxylic acids is 1. The van der Waals surface area contributed by atoms with Crippen LogP contribution in [0.2, 0.25) is 0 Å². The minimum Gasteiger partial charge on any atom is -0.381 e. The number of nitrogens with zero attached hydrogens (tertiary/aromatic N) is 1. The van der Waals surface area contributed by atoms with Gasteiger partial charge in [-0.25, -0.2) is 0 Å². The minimum absolute atomic E-state index is 0.190. The molecular formula is C17H23N3O2. The maximum Gasteiger partial charge on any atom is 0.238 e. The molecule has 1 aromatic rings. The number of amides is 1. The number of hydrogen-bond donors (Lipinski definition) is 2. The van der Waals surface area contributed by atoms with Crippen molar-refractivity contribution >= 4 is 5.91 Å². The third kappa shape index (κ3) is 4.06. The first kappa shape index (κ1) is 16.5. The van der Waals surface area contributed by atoms with Crippen molar-refractivity contribution in [2.45, 2.75) is 43.7 Å². The molecular weight excluding hydrogens is 278 g/mol. The number of nitrogens with one attached hydrogen (secondary N) is 1. The van der Waals surface area contributed by atoms with Crippen molar-refractivity contribution in [3.8, 4) is 6.07 Å². The van der Waals surface area contributed by atoms with Gasteiger partial charge < -0.3 is 15.8 Å². The fraction of sp³-hybridized carbons (Fsp3) is 0.529. The van der Waals surface area contributed by atoms with Gasteiger partial charge in [0.2, 0.25) is 5.91 Å². The monoisotopic (exact) mass is 301 g/mol. The summed E-state index contributed by atoms with van der Waals surface area (Å²) in [7, 11) is 0. The molecule has 1 aromatic carbocycles. The first-order chi connectivity index (χ1) is 10.6. The molecule has 0 saturated carbocycles. The number of benzene rings is 1. The zero-order valence-electron chi connectivity index (χ0n) is 12.9. The van der Waals surface area contributed by atoms with Crippen LogP contribution >= 0.6 is 0 Å². The van der Waals surface area contributed by atoms with Crippen LogP contribution < -0.4 is 11.1 Å². The van der Waals surface area contributed by atoms with Crippen LogP contribution in [0.3, 0.4) is 0 Å². The summed E-state index contributed by atoms with van der Waals surface area (Å²) in [6, 6.07) is 11.6. The van der Waals surface area contributed by atoms with Crippen molar-refractivity contribution in [1.82, 2.24) is 5.32 Å². The summed E-state index contributed by atoms with van der Waals surface area (Å²) >= 11 is 0. The van der Waals surface area contributed by atoms with Gasteiger partial charge in [0.15, 0.2) is 0 Å².